The average Bonchev–Trinajstić information content (AvgIpc) is 3.83. The summed E-state index contributed by atoms with van der Waals surface area (Å²) < 4.78 is 36.2. The molecule has 0 aromatic heterocycles. The highest BCUT2D eigenvalue weighted by Gasteiger charge is 2.40. The number of aryl methyl sites for hydroxylation is 1. The molecule has 45 heavy (non-hydrogen) atoms. The van der Waals surface area contributed by atoms with E-state index in [-0.39, 0.29) is 23.7 Å². The van der Waals surface area contributed by atoms with Gasteiger partial charge in [0.05, 0.1) is 23.6 Å². The van der Waals surface area contributed by atoms with Crippen LogP contribution in [0.2, 0.25) is 5.02 Å². The molecular weight excluding hydrogens is 608 g/mol. The lowest BCUT2D eigenvalue weighted by molar-refractivity contribution is 0.0461. The molecule has 2 saturated carbocycles. The lowest BCUT2D eigenvalue weighted by Crippen LogP contribution is -2.44. The second kappa shape index (κ2) is 13.7. The number of benzene rings is 2. The molecule has 2 N–H and O–H groups in total. The third-order valence-electron chi connectivity index (χ3n) is 10.5. The van der Waals surface area contributed by atoms with Crippen LogP contribution in [-0.4, -0.2) is 50.5 Å². The van der Waals surface area contributed by atoms with Crippen molar-refractivity contribution < 1.29 is 23.1 Å². The van der Waals surface area contributed by atoms with Gasteiger partial charge in [-0.25, -0.2) is 13.1 Å². The first kappa shape index (κ1) is 32.4. The number of anilines is 1. The van der Waals surface area contributed by atoms with E-state index in [1.165, 1.54) is 11.1 Å². The van der Waals surface area contributed by atoms with Gasteiger partial charge in [-0.1, -0.05) is 62.9 Å². The minimum absolute atomic E-state index is 0.0674. The molecule has 2 aromatic rings. The quantitative estimate of drug-likeness (QED) is 0.330. The highest BCUT2D eigenvalue weighted by molar-refractivity contribution is 7.90. The summed E-state index contributed by atoms with van der Waals surface area (Å²) in [6, 6.07) is 11.4. The number of aliphatic hydroxyl groups is 1. The van der Waals surface area contributed by atoms with E-state index in [2.05, 4.69) is 28.7 Å². The monoisotopic (exact) mass is 654 g/mol. The van der Waals surface area contributed by atoms with E-state index in [1.54, 1.807) is 18.2 Å². The molecule has 6 atom stereocenters. The van der Waals surface area contributed by atoms with Gasteiger partial charge in [0.25, 0.3) is 5.91 Å². The summed E-state index contributed by atoms with van der Waals surface area (Å²) in [6.45, 7) is 5.98. The minimum Gasteiger partial charge on any atom is -0.491 e. The first-order chi connectivity index (χ1) is 21.6. The number of fused-ring (bicyclic) bond motifs is 2. The summed E-state index contributed by atoms with van der Waals surface area (Å²) in [7, 11) is -3.93. The molecule has 1 amide bonds. The first-order valence-corrected chi connectivity index (χ1v) is 18.8. The topological polar surface area (TPSA) is 95.9 Å². The molecule has 0 radical (unpaired) electrons. The van der Waals surface area contributed by atoms with E-state index in [0.717, 1.165) is 55.7 Å². The number of allylic oxidation sites excluding steroid dienone is 1. The second-order valence-corrected chi connectivity index (χ2v) is 16.2. The van der Waals surface area contributed by atoms with Crippen LogP contribution in [0.25, 0.3) is 0 Å². The molecule has 6 rings (SSSR count). The maximum Gasteiger partial charge on any atom is 0.264 e. The Bertz CT molecular complexity index is 1520. The summed E-state index contributed by atoms with van der Waals surface area (Å²) in [6.07, 6.45) is 11.4. The molecule has 2 aliphatic heterocycles. The Hall–Kier alpha value is -2.55. The van der Waals surface area contributed by atoms with E-state index in [4.69, 9.17) is 16.3 Å². The average molecular weight is 655 g/mol. The van der Waals surface area contributed by atoms with Crippen LogP contribution in [0, 0.1) is 23.7 Å². The molecule has 4 aliphatic rings. The highest BCUT2D eigenvalue weighted by Crippen LogP contribution is 2.43. The second-order valence-electron chi connectivity index (χ2n) is 13.9. The third kappa shape index (κ3) is 7.39. The summed E-state index contributed by atoms with van der Waals surface area (Å²) in [4.78, 5) is 15.9. The molecule has 0 saturated heterocycles. The fraction of sp³-hybridized carbons (Fsp3) is 0.583. The highest BCUT2D eigenvalue weighted by atomic mass is 35.5. The molecular formula is C36H47ClN2O5S. The standard InChI is InChI=1S/C36H47ClN2O5S/c1-3-4-7-25-18-29(37)13-15-30(25)28-21-39-20-27-11-14-31(27)33(40)8-5-6-23(2)35(17-24-9-10-24)45(42,43)38-36(41)26-12-16-34(44-22-28)32(39)19-26/h5,8,12-13,15-16,18-19,23-24,27-28,31,33,35,40H,3-4,6-7,9-11,14,17,20-22H2,1-2H3,(H,38,41)/b8-5+/t23-,27?,28?,31?,33?,35+/m1/s1. The zero-order chi connectivity index (χ0) is 31.7. The smallest absolute Gasteiger partial charge is 0.264 e. The largest absolute Gasteiger partial charge is 0.491 e. The van der Waals surface area contributed by atoms with Gasteiger partial charge in [0.15, 0.2) is 0 Å². The summed E-state index contributed by atoms with van der Waals surface area (Å²) >= 11 is 6.44. The van der Waals surface area contributed by atoms with Crippen LogP contribution in [0.15, 0.2) is 48.6 Å². The number of amides is 1. The number of rotatable bonds is 6. The van der Waals surface area contributed by atoms with E-state index in [9.17, 15) is 18.3 Å². The van der Waals surface area contributed by atoms with Crippen molar-refractivity contribution in [2.45, 2.75) is 88.9 Å². The molecule has 2 aromatic carbocycles. The van der Waals surface area contributed by atoms with Crippen molar-refractivity contribution in [2.75, 3.05) is 24.6 Å². The lowest BCUT2D eigenvalue weighted by Gasteiger charge is -2.42. The molecule has 2 heterocycles. The number of carbonyl (C=O) groups is 1. The number of aliphatic hydroxyl groups excluding tert-OH is 1. The number of nitrogens with one attached hydrogen (secondary N) is 1. The Labute approximate surface area is 273 Å². The Morgan fingerprint density at radius 1 is 1.09 bits per heavy atom. The zero-order valence-electron chi connectivity index (χ0n) is 26.5. The van der Waals surface area contributed by atoms with Gasteiger partial charge < -0.3 is 14.7 Å². The molecule has 2 fully saturated rings. The maximum absolute atomic E-state index is 13.7. The lowest BCUT2D eigenvalue weighted by atomic mass is 9.70. The van der Waals surface area contributed by atoms with Crippen molar-refractivity contribution in [3.05, 3.63) is 70.3 Å². The molecule has 4 unspecified atom stereocenters. The number of carbonyl (C=O) groups excluding carboxylic acids is 1. The molecule has 7 nitrogen and oxygen atoms in total. The first-order valence-electron chi connectivity index (χ1n) is 16.8. The van der Waals surface area contributed by atoms with Gasteiger partial charge in [-0.3, -0.25) is 4.79 Å². The van der Waals surface area contributed by atoms with Gasteiger partial charge in [0.2, 0.25) is 10.0 Å². The predicted octanol–water partition coefficient (Wildman–Crippen LogP) is 6.88. The Balaban J connectivity index is 1.36. The maximum atomic E-state index is 13.7. The number of ether oxygens (including phenoxy) is 1. The number of nitrogens with zero attached hydrogens (tertiary/aromatic N) is 1. The fourth-order valence-corrected chi connectivity index (χ4v) is 9.42. The van der Waals surface area contributed by atoms with Crippen molar-refractivity contribution in [2.24, 2.45) is 23.7 Å². The zero-order valence-corrected chi connectivity index (χ0v) is 28.0. The van der Waals surface area contributed by atoms with Crippen LogP contribution in [0.1, 0.15) is 92.6 Å². The minimum atomic E-state index is -3.93. The van der Waals surface area contributed by atoms with Crippen LogP contribution in [0.5, 0.6) is 5.75 Å². The summed E-state index contributed by atoms with van der Waals surface area (Å²) in [5.41, 5.74) is 3.55. The summed E-state index contributed by atoms with van der Waals surface area (Å²) in [5.74, 6) is 0.749. The molecule has 2 aliphatic carbocycles. The normalized spacial score (nSPS) is 30.7. The van der Waals surface area contributed by atoms with Crippen LogP contribution >= 0.6 is 11.6 Å². The Morgan fingerprint density at radius 3 is 2.64 bits per heavy atom. The number of hydrogen-bond acceptors (Lipinski definition) is 6. The van der Waals surface area contributed by atoms with Crippen molar-refractivity contribution >= 4 is 33.2 Å². The van der Waals surface area contributed by atoms with Gasteiger partial charge in [-0.2, -0.15) is 0 Å². The number of unbranched alkanes of at least 4 members (excludes halogenated alkanes) is 1. The summed E-state index contributed by atoms with van der Waals surface area (Å²) in [5, 5.41) is 11.3. The van der Waals surface area contributed by atoms with Crippen molar-refractivity contribution in [1.82, 2.24) is 4.72 Å². The molecule has 9 heteroatoms. The van der Waals surface area contributed by atoms with Gasteiger partial charge in [-0.05, 0) is 104 Å². The third-order valence-corrected chi connectivity index (χ3v) is 12.7. The van der Waals surface area contributed by atoms with E-state index in [1.807, 2.05) is 25.1 Å². The van der Waals surface area contributed by atoms with E-state index in [0.29, 0.717) is 49.8 Å². The SMILES string of the molecule is CCCCc1cc(Cl)ccc1C1COc2ccc3cc2N(C1)CC1CCC1C(O)/C=C/C[C@@H](C)[C@H](CC1CC1)S(=O)(=O)NC3=O. The number of sulfonamides is 1. The van der Waals surface area contributed by atoms with Crippen LogP contribution in [0.4, 0.5) is 5.69 Å². The predicted molar refractivity (Wildman–Crippen MR) is 180 cm³/mol. The van der Waals surface area contributed by atoms with E-state index >= 15 is 0 Å². The Kier molecular flexibility index (Phi) is 9.84. The van der Waals surface area contributed by atoms with Crippen LogP contribution < -0.4 is 14.4 Å². The van der Waals surface area contributed by atoms with Gasteiger partial charge in [0, 0.05) is 29.6 Å². The molecule has 244 valence electrons. The molecule has 2 bridgehead atoms. The van der Waals surface area contributed by atoms with Gasteiger partial charge >= 0.3 is 0 Å². The van der Waals surface area contributed by atoms with Crippen LogP contribution in [-0.2, 0) is 16.4 Å². The van der Waals surface area contributed by atoms with E-state index < -0.39 is 27.3 Å². The van der Waals surface area contributed by atoms with Crippen molar-refractivity contribution in [3.8, 4) is 5.75 Å². The fourth-order valence-electron chi connectivity index (χ4n) is 7.44. The van der Waals surface area contributed by atoms with Crippen LogP contribution in [0.3, 0.4) is 0 Å². The van der Waals surface area contributed by atoms with Crippen molar-refractivity contribution in [3.63, 3.8) is 0 Å². The Morgan fingerprint density at radius 2 is 1.91 bits per heavy atom. The van der Waals surface area contributed by atoms with Crippen molar-refractivity contribution in [1.29, 1.82) is 0 Å². The van der Waals surface area contributed by atoms with Gasteiger partial charge in [0.1, 0.15) is 5.75 Å². The van der Waals surface area contributed by atoms with Gasteiger partial charge in [-0.15, -0.1) is 0 Å². The number of halogens is 1. The number of hydrogen-bond donors (Lipinski definition) is 2. The molecule has 0 spiro atoms.